The Morgan fingerprint density at radius 2 is 2.27 bits per heavy atom. The summed E-state index contributed by atoms with van der Waals surface area (Å²) in [6.45, 7) is 4.34. The average molecular weight is 387 g/mol. The highest BCUT2D eigenvalue weighted by Gasteiger charge is 2.24. The van der Waals surface area contributed by atoms with E-state index in [2.05, 4.69) is 38.3 Å². The van der Waals surface area contributed by atoms with Gasteiger partial charge in [-0.15, -0.1) is 12.4 Å². The summed E-state index contributed by atoms with van der Waals surface area (Å²) in [4.78, 5) is 18.6. The molecule has 0 saturated carbocycles. The van der Waals surface area contributed by atoms with Crippen LogP contribution in [0.2, 0.25) is 0 Å². The molecule has 1 aliphatic rings. The van der Waals surface area contributed by atoms with Crippen LogP contribution in [-0.4, -0.2) is 51.2 Å². The third kappa shape index (κ3) is 3.48. The molecule has 0 aliphatic carbocycles. The zero-order valence-corrected chi connectivity index (χ0v) is 14.5. The molecule has 1 amide bonds. The normalized spacial score (nSPS) is 17.9. The number of piperazine rings is 1. The fraction of sp³-hybridized carbons (Fsp3) is 0.357. The van der Waals surface area contributed by atoms with Gasteiger partial charge in [-0.3, -0.25) is 4.79 Å². The molecular formula is C14H17BrClN5O. The first-order valence-corrected chi connectivity index (χ1v) is 7.61. The van der Waals surface area contributed by atoms with Crippen LogP contribution in [0.3, 0.4) is 0 Å². The number of rotatable bonds is 2. The van der Waals surface area contributed by atoms with Gasteiger partial charge in [-0.2, -0.15) is 5.10 Å². The van der Waals surface area contributed by atoms with Crippen molar-refractivity contribution in [3.63, 3.8) is 0 Å². The minimum Gasteiger partial charge on any atom is -0.336 e. The SMILES string of the molecule is C[C@@H]1CN(C(=O)c2ccc(Br)cc2-n2cncn2)CCN1.Cl. The summed E-state index contributed by atoms with van der Waals surface area (Å²) in [6.07, 6.45) is 3.06. The standard InChI is InChI=1S/C14H16BrN5O.ClH/c1-10-7-19(5-4-17-10)14(21)12-3-2-11(15)6-13(12)20-9-16-8-18-20;/h2-3,6,8-10,17H,4-5,7H2,1H3;1H/t10-;/m1./s1. The number of benzene rings is 1. The zero-order chi connectivity index (χ0) is 14.8. The fourth-order valence-corrected chi connectivity index (χ4v) is 2.84. The quantitative estimate of drug-likeness (QED) is 0.856. The Balaban J connectivity index is 0.00000176. The third-order valence-corrected chi connectivity index (χ3v) is 4.00. The maximum Gasteiger partial charge on any atom is 0.256 e. The Bertz CT molecular complexity index is 649. The molecule has 1 aliphatic heterocycles. The molecule has 0 radical (unpaired) electrons. The van der Waals surface area contributed by atoms with Gasteiger partial charge in [0.1, 0.15) is 12.7 Å². The van der Waals surface area contributed by atoms with E-state index in [0.717, 1.165) is 23.2 Å². The lowest BCUT2D eigenvalue weighted by Crippen LogP contribution is -2.51. The second kappa shape index (κ2) is 7.21. The van der Waals surface area contributed by atoms with Gasteiger partial charge in [-0.1, -0.05) is 15.9 Å². The Hall–Kier alpha value is -1.44. The molecule has 1 N–H and O–H groups in total. The van der Waals surface area contributed by atoms with Crippen molar-refractivity contribution in [2.75, 3.05) is 19.6 Å². The van der Waals surface area contributed by atoms with Crippen LogP contribution in [0.5, 0.6) is 0 Å². The summed E-state index contributed by atoms with van der Waals surface area (Å²) in [5.74, 6) is 0.0290. The van der Waals surface area contributed by atoms with Crippen molar-refractivity contribution in [1.29, 1.82) is 0 Å². The minimum absolute atomic E-state index is 0. The highest BCUT2D eigenvalue weighted by atomic mass is 79.9. The van der Waals surface area contributed by atoms with Gasteiger partial charge < -0.3 is 10.2 Å². The van der Waals surface area contributed by atoms with Crippen LogP contribution in [0.25, 0.3) is 5.69 Å². The number of hydrogen-bond acceptors (Lipinski definition) is 4. The number of hydrogen-bond donors (Lipinski definition) is 1. The smallest absolute Gasteiger partial charge is 0.256 e. The molecule has 1 saturated heterocycles. The predicted octanol–water partition coefficient (Wildman–Crippen LogP) is 1.89. The lowest BCUT2D eigenvalue weighted by molar-refractivity contribution is 0.0709. The first-order chi connectivity index (χ1) is 10.1. The molecule has 1 aromatic heterocycles. The van der Waals surface area contributed by atoms with Crippen molar-refractivity contribution in [3.05, 3.63) is 40.9 Å². The van der Waals surface area contributed by atoms with Crippen LogP contribution in [0, 0.1) is 0 Å². The number of nitrogens with zero attached hydrogens (tertiary/aromatic N) is 4. The van der Waals surface area contributed by atoms with Crippen LogP contribution in [0.4, 0.5) is 0 Å². The Labute approximate surface area is 143 Å². The van der Waals surface area contributed by atoms with Crippen molar-refractivity contribution < 1.29 is 4.79 Å². The van der Waals surface area contributed by atoms with E-state index in [0.29, 0.717) is 18.2 Å². The molecule has 6 nitrogen and oxygen atoms in total. The second-order valence-corrected chi connectivity index (χ2v) is 6.02. The van der Waals surface area contributed by atoms with E-state index < -0.39 is 0 Å². The number of carbonyl (C=O) groups excluding carboxylic acids is 1. The van der Waals surface area contributed by atoms with Crippen LogP contribution in [0.1, 0.15) is 17.3 Å². The molecular weight excluding hydrogens is 370 g/mol. The number of carbonyl (C=O) groups is 1. The van der Waals surface area contributed by atoms with E-state index in [4.69, 9.17) is 0 Å². The first kappa shape index (κ1) is 16.9. The Morgan fingerprint density at radius 3 is 2.95 bits per heavy atom. The van der Waals surface area contributed by atoms with E-state index in [1.807, 2.05) is 23.1 Å². The first-order valence-electron chi connectivity index (χ1n) is 6.82. The molecule has 3 rings (SSSR count). The van der Waals surface area contributed by atoms with Gasteiger partial charge in [0, 0.05) is 30.1 Å². The molecule has 0 spiro atoms. The predicted molar refractivity (Wildman–Crippen MR) is 89.7 cm³/mol. The summed E-state index contributed by atoms with van der Waals surface area (Å²) in [6, 6.07) is 5.90. The molecule has 0 bridgehead atoms. The van der Waals surface area contributed by atoms with Gasteiger partial charge in [0.15, 0.2) is 0 Å². The highest BCUT2D eigenvalue weighted by molar-refractivity contribution is 9.10. The van der Waals surface area contributed by atoms with E-state index in [-0.39, 0.29) is 18.3 Å². The van der Waals surface area contributed by atoms with Gasteiger partial charge in [-0.05, 0) is 25.1 Å². The van der Waals surface area contributed by atoms with Crippen LogP contribution in [-0.2, 0) is 0 Å². The Kier molecular flexibility index (Phi) is 5.55. The van der Waals surface area contributed by atoms with E-state index in [1.54, 1.807) is 11.0 Å². The fourth-order valence-electron chi connectivity index (χ4n) is 2.49. The number of aromatic nitrogens is 3. The molecule has 8 heteroatoms. The lowest BCUT2D eigenvalue weighted by Gasteiger charge is -2.32. The van der Waals surface area contributed by atoms with Crippen molar-refractivity contribution >= 4 is 34.2 Å². The molecule has 22 heavy (non-hydrogen) atoms. The van der Waals surface area contributed by atoms with Crippen molar-refractivity contribution in [2.24, 2.45) is 0 Å². The monoisotopic (exact) mass is 385 g/mol. The van der Waals surface area contributed by atoms with Crippen LogP contribution >= 0.6 is 28.3 Å². The van der Waals surface area contributed by atoms with E-state index >= 15 is 0 Å². The Morgan fingerprint density at radius 1 is 1.45 bits per heavy atom. The van der Waals surface area contributed by atoms with Crippen LogP contribution < -0.4 is 5.32 Å². The summed E-state index contributed by atoms with van der Waals surface area (Å²) in [5.41, 5.74) is 1.37. The second-order valence-electron chi connectivity index (χ2n) is 5.11. The molecule has 0 unspecified atom stereocenters. The topological polar surface area (TPSA) is 63.1 Å². The number of amides is 1. The third-order valence-electron chi connectivity index (χ3n) is 3.51. The van der Waals surface area contributed by atoms with Gasteiger partial charge in [0.25, 0.3) is 5.91 Å². The summed E-state index contributed by atoms with van der Waals surface area (Å²) >= 11 is 3.44. The molecule has 1 atom stereocenters. The lowest BCUT2D eigenvalue weighted by atomic mass is 10.1. The average Bonchev–Trinajstić information content (AvgIpc) is 3.00. The molecule has 2 heterocycles. The largest absolute Gasteiger partial charge is 0.336 e. The summed E-state index contributed by atoms with van der Waals surface area (Å²) < 4.78 is 2.52. The van der Waals surface area contributed by atoms with Gasteiger partial charge in [0.05, 0.1) is 11.3 Å². The van der Waals surface area contributed by atoms with E-state index in [1.165, 1.54) is 6.33 Å². The van der Waals surface area contributed by atoms with Gasteiger partial charge >= 0.3 is 0 Å². The summed E-state index contributed by atoms with van der Waals surface area (Å²) in [7, 11) is 0. The molecule has 2 aromatic rings. The number of halogens is 2. The summed E-state index contributed by atoms with van der Waals surface area (Å²) in [5, 5.41) is 7.47. The molecule has 1 fully saturated rings. The maximum atomic E-state index is 12.8. The molecule has 1 aromatic carbocycles. The van der Waals surface area contributed by atoms with Crippen LogP contribution in [0.15, 0.2) is 35.3 Å². The van der Waals surface area contributed by atoms with Crippen molar-refractivity contribution in [2.45, 2.75) is 13.0 Å². The number of nitrogens with one attached hydrogen (secondary N) is 1. The molecule has 118 valence electrons. The van der Waals surface area contributed by atoms with E-state index in [9.17, 15) is 4.79 Å². The highest BCUT2D eigenvalue weighted by Crippen LogP contribution is 2.21. The maximum absolute atomic E-state index is 12.8. The van der Waals surface area contributed by atoms with Gasteiger partial charge in [-0.25, -0.2) is 9.67 Å². The van der Waals surface area contributed by atoms with Crippen molar-refractivity contribution in [1.82, 2.24) is 25.0 Å². The zero-order valence-electron chi connectivity index (χ0n) is 12.1. The van der Waals surface area contributed by atoms with Gasteiger partial charge in [0.2, 0.25) is 0 Å². The van der Waals surface area contributed by atoms with Crippen molar-refractivity contribution in [3.8, 4) is 5.69 Å². The minimum atomic E-state index is 0.